The highest BCUT2D eigenvalue weighted by molar-refractivity contribution is 5.36. The normalized spacial score (nSPS) is 12.1. The molecule has 2 heterocycles. The molecule has 0 atom stereocenters. The van der Waals surface area contributed by atoms with Crippen molar-refractivity contribution >= 4 is 0 Å². The van der Waals surface area contributed by atoms with Crippen LogP contribution in [0.2, 0.25) is 0 Å². The highest BCUT2D eigenvalue weighted by Crippen LogP contribution is 2.24. The topological polar surface area (TPSA) is 48.5 Å². The lowest BCUT2D eigenvalue weighted by Crippen LogP contribution is -2.19. The van der Waals surface area contributed by atoms with E-state index in [1.807, 2.05) is 10.8 Å². The summed E-state index contributed by atoms with van der Waals surface area (Å²) in [7, 11) is 0. The van der Waals surface area contributed by atoms with Crippen molar-refractivity contribution in [3.8, 4) is 5.69 Å². The first-order chi connectivity index (χ1) is 11.8. The second-order valence-corrected chi connectivity index (χ2v) is 6.79. The van der Waals surface area contributed by atoms with Crippen molar-refractivity contribution < 1.29 is 13.2 Å². The molecule has 0 aliphatic heterocycles. The van der Waals surface area contributed by atoms with Crippen LogP contribution in [-0.4, -0.2) is 24.5 Å². The van der Waals surface area contributed by atoms with Crippen molar-refractivity contribution in [2.75, 3.05) is 0 Å². The van der Waals surface area contributed by atoms with Crippen molar-refractivity contribution in [2.24, 2.45) is 0 Å². The number of imidazole rings is 1. The predicted octanol–water partition coefficient (Wildman–Crippen LogP) is 3.89. The quantitative estimate of drug-likeness (QED) is 0.718. The van der Waals surface area contributed by atoms with E-state index in [2.05, 4.69) is 36.1 Å². The number of halogens is 3. The van der Waals surface area contributed by atoms with E-state index in [1.54, 1.807) is 12.4 Å². The van der Waals surface area contributed by atoms with Gasteiger partial charge in [-0.05, 0) is 18.2 Å². The van der Waals surface area contributed by atoms with Crippen LogP contribution in [0.5, 0.6) is 0 Å². The van der Waals surface area contributed by atoms with Crippen LogP contribution in [0.3, 0.4) is 0 Å². The Balaban J connectivity index is 1.87. The van der Waals surface area contributed by atoms with Gasteiger partial charge in [0.1, 0.15) is 17.3 Å². The molecular formula is C17H18F3N5. The monoisotopic (exact) mass is 349 g/mol. The summed E-state index contributed by atoms with van der Waals surface area (Å²) in [6, 6.07) is 3.47. The zero-order valence-corrected chi connectivity index (χ0v) is 14.1. The van der Waals surface area contributed by atoms with Gasteiger partial charge < -0.3 is 4.57 Å². The number of benzene rings is 1. The highest BCUT2D eigenvalue weighted by Gasteiger charge is 2.20. The fourth-order valence-corrected chi connectivity index (χ4v) is 2.59. The van der Waals surface area contributed by atoms with Gasteiger partial charge in [-0.2, -0.15) is 0 Å². The van der Waals surface area contributed by atoms with Crippen LogP contribution in [0.25, 0.3) is 5.69 Å². The lowest BCUT2D eigenvalue weighted by atomic mass is 9.96. The van der Waals surface area contributed by atoms with E-state index >= 15 is 0 Å². The average Bonchev–Trinajstić information content (AvgIpc) is 3.17. The molecule has 25 heavy (non-hydrogen) atoms. The molecule has 0 N–H and O–H groups in total. The summed E-state index contributed by atoms with van der Waals surface area (Å²) in [6.45, 7) is 6.64. The first-order valence-electron chi connectivity index (χ1n) is 7.76. The van der Waals surface area contributed by atoms with Crippen LogP contribution >= 0.6 is 0 Å². The average molecular weight is 349 g/mol. The number of alkyl halides is 2. The molecule has 0 aliphatic rings. The van der Waals surface area contributed by atoms with Gasteiger partial charge in [-0.15, -0.1) is 5.10 Å². The Morgan fingerprint density at radius 3 is 2.64 bits per heavy atom. The smallest absolute Gasteiger partial charge is 0.266 e. The van der Waals surface area contributed by atoms with Gasteiger partial charge in [-0.1, -0.05) is 26.0 Å². The third-order valence-corrected chi connectivity index (χ3v) is 3.74. The van der Waals surface area contributed by atoms with Crippen LogP contribution in [-0.2, 0) is 12.0 Å². The third-order valence-electron chi connectivity index (χ3n) is 3.74. The molecule has 0 amide bonds. The zero-order chi connectivity index (χ0) is 18.2. The van der Waals surface area contributed by atoms with Crippen molar-refractivity contribution in [3.63, 3.8) is 0 Å². The summed E-state index contributed by atoms with van der Waals surface area (Å²) in [6.07, 6.45) is 2.32. The fourth-order valence-electron chi connectivity index (χ4n) is 2.59. The van der Waals surface area contributed by atoms with Crippen LogP contribution in [0, 0.1) is 5.82 Å². The Morgan fingerprint density at radius 2 is 1.96 bits per heavy atom. The minimum Gasteiger partial charge on any atom is -0.328 e. The van der Waals surface area contributed by atoms with E-state index in [0.29, 0.717) is 17.9 Å². The van der Waals surface area contributed by atoms with E-state index in [0.717, 1.165) is 18.0 Å². The molecule has 3 aromatic rings. The molecule has 132 valence electrons. The number of rotatable bonds is 4. The lowest BCUT2D eigenvalue weighted by molar-refractivity contribution is 0.146. The summed E-state index contributed by atoms with van der Waals surface area (Å²) in [5, 5.41) is 8.03. The molecule has 1 aromatic carbocycles. The molecule has 0 spiro atoms. The van der Waals surface area contributed by atoms with Crippen molar-refractivity contribution in [2.45, 2.75) is 39.2 Å². The van der Waals surface area contributed by atoms with E-state index in [9.17, 15) is 13.2 Å². The van der Waals surface area contributed by atoms with Gasteiger partial charge >= 0.3 is 0 Å². The van der Waals surface area contributed by atoms with Crippen LogP contribution in [0.15, 0.2) is 36.8 Å². The molecule has 3 rings (SSSR count). The Hall–Kier alpha value is -2.64. The maximum absolute atomic E-state index is 13.4. The molecule has 0 unspecified atom stereocenters. The maximum atomic E-state index is 13.4. The summed E-state index contributed by atoms with van der Waals surface area (Å²) in [5.41, 5.74) is 0.200. The van der Waals surface area contributed by atoms with Crippen LogP contribution in [0.1, 0.15) is 44.3 Å². The molecule has 0 bridgehead atoms. The lowest BCUT2D eigenvalue weighted by Gasteiger charge is -2.19. The standard InChI is InChI=1S/C17H18F3N5/c1-17(2,3)16-21-6-7-24(16)9-11-10-25(23-22-11)12-4-5-14(18)13(8-12)15(19)20/h4-8,10,15H,9H2,1-3H3. The van der Waals surface area contributed by atoms with Gasteiger partial charge in [0.15, 0.2) is 0 Å². The van der Waals surface area contributed by atoms with Gasteiger partial charge in [0, 0.05) is 17.8 Å². The molecule has 8 heteroatoms. The molecular weight excluding hydrogens is 331 g/mol. The Morgan fingerprint density at radius 1 is 1.20 bits per heavy atom. The minimum absolute atomic E-state index is 0.122. The number of hydrogen-bond donors (Lipinski definition) is 0. The van der Waals surface area contributed by atoms with Gasteiger partial charge in [-0.25, -0.2) is 22.8 Å². The summed E-state index contributed by atoms with van der Waals surface area (Å²) in [4.78, 5) is 4.37. The van der Waals surface area contributed by atoms with Gasteiger partial charge in [0.25, 0.3) is 6.43 Å². The molecule has 0 radical (unpaired) electrons. The van der Waals surface area contributed by atoms with Crippen molar-refractivity contribution in [1.82, 2.24) is 24.5 Å². The van der Waals surface area contributed by atoms with Crippen LogP contribution in [0.4, 0.5) is 13.2 Å². The Labute approximate surface area is 143 Å². The summed E-state index contributed by atoms with van der Waals surface area (Å²) >= 11 is 0. The highest BCUT2D eigenvalue weighted by atomic mass is 19.3. The molecule has 0 fully saturated rings. The zero-order valence-electron chi connectivity index (χ0n) is 14.1. The fraction of sp³-hybridized carbons (Fsp3) is 0.353. The van der Waals surface area contributed by atoms with E-state index in [4.69, 9.17) is 0 Å². The largest absolute Gasteiger partial charge is 0.328 e. The molecule has 0 saturated carbocycles. The Kier molecular flexibility index (Phi) is 4.36. The molecule has 0 saturated heterocycles. The summed E-state index contributed by atoms with van der Waals surface area (Å²) < 4.78 is 42.4. The minimum atomic E-state index is -2.89. The first kappa shape index (κ1) is 17.2. The van der Waals surface area contributed by atoms with E-state index in [-0.39, 0.29) is 5.41 Å². The first-order valence-corrected chi connectivity index (χ1v) is 7.76. The van der Waals surface area contributed by atoms with Crippen molar-refractivity contribution in [1.29, 1.82) is 0 Å². The van der Waals surface area contributed by atoms with E-state index < -0.39 is 17.8 Å². The third kappa shape index (κ3) is 3.57. The second kappa shape index (κ2) is 6.34. The number of aromatic nitrogens is 5. The maximum Gasteiger partial charge on any atom is 0.266 e. The van der Waals surface area contributed by atoms with Gasteiger partial charge in [-0.3, -0.25) is 0 Å². The predicted molar refractivity (Wildman–Crippen MR) is 86.3 cm³/mol. The molecule has 0 aliphatic carbocycles. The number of nitrogens with zero attached hydrogens (tertiary/aromatic N) is 5. The van der Waals surface area contributed by atoms with E-state index in [1.165, 1.54) is 10.7 Å². The second-order valence-electron chi connectivity index (χ2n) is 6.79. The van der Waals surface area contributed by atoms with Gasteiger partial charge in [0.05, 0.1) is 24.0 Å². The summed E-state index contributed by atoms with van der Waals surface area (Å²) in [5.74, 6) is -0.0313. The van der Waals surface area contributed by atoms with Gasteiger partial charge in [0.2, 0.25) is 0 Å². The molecule has 2 aromatic heterocycles. The SMILES string of the molecule is CC(C)(C)c1nccn1Cc1cn(-c2ccc(F)c(C(F)F)c2)nn1. The molecule has 5 nitrogen and oxygen atoms in total. The Bertz CT molecular complexity index is 877. The van der Waals surface area contributed by atoms with Crippen molar-refractivity contribution in [3.05, 3.63) is 59.7 Å². The number of hydrogen-bond acceptors (Lipinski definition) is 3. The van der Waals surface area contributed by atoms with Crippen LogP contribution < -0.4 is 0 Å².